The highest BCUT2D eigenvalue weighted by Crippen LogP contribution is 2.16. The predicted octanol–water partition coefficient (Wildman–Crippen LogP) is 2.18. The summed E-state index contributed by atoms with van der Waals surface area (Å²) >= 11 is 7.19. The highest BCUT2D eigenvalue weighted by Gasteiger charge is 2.13. The molecule has 0 aliphatic heterocycles. The van der Waals surface area contributed by atoms with Gasteiger partial charge in [-0.25, -0.2) is 4.98 Å². The molecule has 0 radical (unpaired) electrons. The average molecular weight is 362 g/mol. The summed E-state index contributed by atoms with van der Waals surface area (Å²) in [5, 5.41) is 15.8. The molecule has 1 atom stereocenters. The van der Waals surface area contributed by atoms with Crippen molar-refractivity contribution in [2.24, 2.45) is 5.73 Å². The number of aliphatic hydroxyl groups excluding tert-OH is 1. The van der Waals surface area contributed by atoms with Crippen molar-refractivity contribution in [3.63, 3.8) is 0 Å². The summed E-state index contributed by atoms with van der Waals surface area (Å²) in [4.78, 5) is 16.1. The molecule has 0 spiro atoms. The molecule has 120 valence electrons. The Morgan fingerprint density at radius 2 is 2.09 bits per heavy atom. The fourth-order valence-corrected chi connectivity index (χ4v) is 2.66. The quantitative estimate of drug-likeness (QED) is 0.735. The van der Waals surface area contributed by atoms with E-state index in [2.05, 4.69) is 10.3 Å². The summed E-state index contributed by atoms with van der Waals surface area (Å²) in [6, 6.07) is 6.84. The lowest BCUT2D eigenvalue weighted by Gasteiger charge is -2.11. The van der Waals surface area contributed by atoms with Crippen LogP contribution in [0.2, 0.25) is 5.02 Å². The minimum atomic E-state index is -0.784. The Kier molecular flexibility index (Phi) is 7.78. The van der Waals surface area contributed by atoms with E-state index >= 15 is 0 Å². The maximum atomic E-state index is 11.9. The predicted molar refractivity (Wildman–Crippen MR) is 90.9 cm³/mol. The highest BCUT2D eigenvalue weighted by molar-refractivity contribution is 7.09. The van der Waals surface area contributed by atoms with Gasteiger partial charge in [0.15, 0.2) is 0 Å². The number of halogens is 2. The zero-order valence-electron chi connectivity index (χ0n) is 11.7. The average Bonchev–Trinajstić information content (AvgIpc) is 2.94. The number of rotatable bonds is 6. The molecule has 2 aromatic rings. The van der Waals surface area contributed by atoms with Gasteiger partial charge in [0, 0.05) is 23.4 Å². The molecule has 0 saturated heterocycles. The Hall–Kier alpha value is -1.18. The van der Waals surface area contributed by atoms with Crippen molar-refractivity contribution in [3.8, 4) is 0 Å². The first-order valence-corrected chi connectivity index (χ1v) is 7.72. The van der Waals surface area contributed by atoms with Gasteiger partial charge in [-0.15, -0.1) is 23.7 Å². The minimum Gasteiger partial charge on any atom is -0.387 e. The van der Waals surface area contributed by atoms with Crippen molar-refractivity contribution >= 4 is 41.3 Å². The number of carbonyl (C=O) groups excluding carboxylic acids is 1. The van der Waals surface area contributed by atoms with Crippen LogP contribution in [0.5, 0.6) is 0 Å². The molecule has 1 amide bonds. The van der Waals surface area contributed by atoms with Gasteiger partial charge in [0.05, 0.1) is 11.1 Å². The second-order valence-corrected chi connectivity index (χ2v) is 5.82. The first kappa shape index (κ1) is 18.9. The molecular weight excluding hydrogens is 345 g/mol. The van der Waals surface area contributed by atoms with E-state index in [1.54, 1.807) is 29.6 Å². The maximum absolute atomic E-state index is 11.9. The van der Waals surface area contributed by atoms with Crippen LogP contribution in [0.25, 0.3) is 0 Å². The number of nitrogens with zero attached hydrogens (tertiary/aromatic N) is 1. The molecule has 0 bridgehead atoms. The summed E-state index contributed by atoms with van der Waals surface area (Å²) in [7, 11) is 0. The highest BCUT2D eigenvalue weighted by atomic mass is 35.5. The van der Waals surface area contributed by atoms with E-state index in [-0.39, 0.29) is 24.9 Å². The molecule has 0 saturated carbocycles. The number of aliphatic hydroxyl groups is 1. The Morgan fingerprint density at radius 1 is 1.41 bits per heavy atom. The van der Waals surface area contributed by atoms with Crippen molar-refractivity contribution in [2.75, 3.05) is 13.1 Å². The van der Waals surface area contributed by atoms with Crippen LogP contribution in [0.15, 0.2) is 29.6 Å². The molecule has 0 aliphatic carbocycles. The van der Waals surface area contributed by atoms with Gasteiger partial charge in [0.1, 0.15) is 5.69 Å². The molecule has 8 heteroatoms. The van der Waals surface area contributed by atoms with E-state index in [0.717, 1.165) is 5.01 Å². The number of nitrogens with one attached hydrogen (secondary N) is 1. The fourth-order valence-electron chi connectivity index (χ4n) is 1.74. The Labute approximate surface area is 143 Å². The fraction of sp³-hybridized carbons (Fsp3) is 0.286. The number of hydrogen-bond donors (Lipinski definition) is 3. The molecule has 4 N–H and O–H groups in total. The summed E-state index contributed by atoms with van der Waals surface area (Å²) in [5.41, 5.74) is 6.49. The third-order valence-corrected chi connectivity index (χ3v) is 4.01. The summed E-state index contributed by atoms with van der Waals surface area (Å²) < 4.78 is 0. The number of carbonyl (C=O) groups is 1. The van der Waals surface area contributed by atoms with E-state index in [1.807, 2.05) is 0 Å². The van der Waals surface area contributed by atoms with Crippen LogP contribution < -0.4 is 11.1 Å². The maximum Gasteiger partial charge on any atom is 0.270 e. The van der Waals surface area contributed by atoms with Crippen molar-refractivity contribution < 1.29 is 9.90 Å². The molecule has 5 nitrogen and oxygen atoms in total. The van der Waals surface area contributed by atoms with Crippen LogP contribution in [-0.2, 0) is 6.42 Å². The van der Waals surface area contributed by atoms with E-state index in [0.29, 0.717) is 29.2 Å². The third kappa shape index (κ3) is 5.23. The molecule has 2 rings (SSSR count). The van der Waals surface area contributed by atoms with Crippen molar-refractivity contribution in [1.82, 2.24) is 10.3 Å². The topological polar surface area (TPSA) is 88.2 Å². The molecule has 0 aliphatic rings. The molecule has 1 heterocycles. The Bertz CT molecular complexity index is 604. The number of hydrogen-bond acceptors (Lipinski definition) is 5. The summed E-state index contributed by atoms with van der Waals surface area (Å²) in [6.07, 6.45) is -0.126. The smallest absolute Gasteiger partial charge is 0.270 e. The van der Waals surface area contributed by atoms with Gasteiger partial charge in [-0.1, -0.05) is 23.7 Å². The summed E-state index contributed by atoms with van der Waals surface area (Å²) in [6.45, 7) is 0.619. The van der Waals surface area contributed by atoms with Gasteiger partial charge in [0.25, 0.3) is 5.91 Å². The van der Waals surface area contributed by atoms with E-state index in [4.69, 9.17) is 17.3 Å². The molecular formula is C14H17Cl2N3O2S. The lowest BCUT2D eigenvalue weighted by atomic mass is 10.1. The number of benzene rings is 1. The number of amides is 1. The minimum absolute atomic E-state index is 0. The van der Waals surface area contributed by atoms with E-state index in [9.17, 15) is 9.90 Å². The van der Waals surface area contributed by atoms with E-state index in [1.165, 1.54) is 11.3 Å². The third-order valence-electron chi connectivity index (χ3n) is 2.85. The van der Waals surface area contributed by atoms with Crippen LogP contribution in [0.4, 0.5) is 0 Å². The van der Waals surface area contributed by atoms with Crippen LogP contribution in [0.1, 0.15) is 27.2 Å². The lowest BCUT2D eigenvalue weighted by molar-refractivity contribution is 0.0912. The van der Waals surface area contributed by atoms with Crippen LogP contribution >= 0.6 is 35.3 Å². The molecule has 0 fully saturated rings. The Balaban J connectivity index is 0.00000242. The van der Waals surface area contributed by atoms with Crippen molar-refractivity contribution in [1.29, 1.82) is 0 Å². The van der Waals surface area contributed by atoms with Gasteiger partial charge in [0.2, 0.25) is 0 Å². The zero-order chi connectivity index (χ0) is 15.2. The van der Waals surface area contributed by atoms with Gasteiger partial charge < -0.3 is 16.2 Å². The van der Waals surface area contributed by atoms with Crippen molar-refractivity contribution in [2.45, 2.75) is 12.5 Å². The van der Waals surface area contributed by atoms with Crippen LogP contribution in [0.3, 0.4) is 0 Å². The normalized spacial score (nSPS) is 11.6. The van der Waals surface area contributed by atoms with Crippen LogP contribution in [-0.4, -0.2) is 29.1 Å². The lowest BCUT2D eigenvalue weighted by Crippen LogP contribution is -2.28. The van der Waals surface area contributed by atoms with Crippen molar-refractivity contribution in [3.05, 3.63) is 50.9 Å². The Morgan fingerprint density at radius 3 is 2.73 bits per heavy atom. The SMILES string of the molecule is Cl.NCCc1nc(C(=O)NCC(O)c2ccc(Cl)cc2)cs1. The summed E-state index contributed by atoms with van der Waals surface area (Å²) in [5.74, 6) is -0.303. The number of thiazole rings is 1. The molecule has 22 heavy (non-hydrogen) atoms. The molecule has 1 aromatic carbocycles. The second kappa shape index (κ2) is 9.07. The van der Waals surface area contributed by atoms with Gasteiger partial charge in [-0.3, -0.25) is 4.79 Å². The number of aromatic nitrogens is 1. The van der Waals surface area contributed by atoms with Gasteiger partial charge in [-0.2, -0.15) is 0 Å². The second-order valence-electron chi connectivity index (χ2n) is 4.44. The number of nitrogens with two attached hydrogens (primary N) is 1. The largest absolute Gasteiger partial charge is 0.387 e. The zero-order valence-corrected chi connectivity index (χ0v) is 14.0. The first-order chi connectivity index (χ1) is 10.1. The monoisotopic (exact) mass is 361 g/mol. The first-order valence-electron chi connectivity index (χ1n) is 6.46. The van der Waals surface area contributed by atoms with Crippen LogP contribution in [0, 0.1) is 0 Å². The van der Waals surface area contributed by atoms with E-state index < -0.39 is 6.10 Å². The molecule has 1 aromatic heterocycles. The standard InChI is InChI=1S/C14H16ClN3O2S.ClH/c15-10-3-1-9(2-4-10)12(19)7-17-14(20)11-8-21-13(18-11)5-6-16;/h1-4,8,12,19H,5-7,16H2,(H,17,20);1H. The molecule has 1 unspecified atom stereocenters. The van der Waals surface area contributed by atoms with Gasteiger partial charge in [-0.05, 0) is 24.2 Å². The van der Waals surface area contributed by atoms with Gasteiger partial charge >= 0.3 is 0 Å².